The number of fused-ring (bicyclic) bond motifs is 1. The van der Waals surface area contributed by atoms with E-state index in [1.165, 1.54) is 23.8 Å². The van der Waals surface area contributed by atoms with Gasteiger partial charge in [-0.3, -0.25) is 14.5 Å². The van der Waals surface area contributed by atoms with Crippen LogP contribution >= 0.6 is 24.4 Å². The summed E-state index contributed by atoms with van der Waals surface area (Å²) in [6.45, 7) is 1.96. The highest BCUT2D eigenvalue weighted by atomic mass is 32.2. The first-order chi connectivity index (χ1) is 7.11. The van der Waals surface area contributed by atoms with E-state index in [0.717, 1.165) is 11.3 Å². The number of β-lactam (4-membered cyclic amide) rings is 1. The van der Waals surface area contributed by atoms with Gasteiger partial charge in [0.15, 0.2) is 6.10 Å². The van der Waals surface area contributed by atoms with Crippen molar-refractivity contribution in [3.8, 4) is 0 Å². The predicted molar refractivity (Wildman–Crippen MR) is 60.3 cm³/mol. The van der Waals surface area contributed by atoms with Crippen LogP contribution in [0.4, 0.5) is 0 Å². The van der Waals surface area contributed by atoms with Gasteiger partial charge in [0.2, 0.25) is 5.12 Å². The second-order valence-electron chi connectivity index (χ2n) is 3.30. The first-order valence-corrected chi connectivity index (χ1v) is 5.93. The lowest BCUT2D eigenvalue weighted by Crippen LogP contribution is -2.61. The number of carbonyl (C=O) groups excluding carboxylic acids is 2. The van der Waals surface area contributed by atoms with Crippen molar-refractivity contribution < 1.29 is 14.3 Å². The summed E-state index contributed by atoms with van der Waals surface area (Å²) in [5.41, 5.74) is 0.439. The number of rotatable bonds is 3. The summed E-state index contributed by atoms with van der Waals surface area (Å²) in [6.07, 6.45) is 0.324. The second-order valence-corrected chi connectivity index (χ2v) is 4.92. The Morgan fingerprint density at radius 1 is 1.67 bits per heavy atom. The minimum absolute atomic E-state index is 0.0662. The molecule has 4 nitrogen and oxygen atoms in total. The summed E-state index contributed by atoms with van der Waals surface area (Å²) in [5.74, 6) is -0.143. The van der Waals surface area contributed by atoms with Crippen molar-refractivity contribution in [1.82, 2.24) is 4.90 Å². The third-order valence-corrected chi connectivity index (χ3v) is 4.22. The number of allylic oxidation sites excluding steroid dienone is 1. The zero-order valence-corrected chi connectivity index (χ0v) is 10.1. The molecule has 2 heterocycles. The molecule has 0 saturated carbocycles. The van der Waals surface area contributed by atoms with Gasteiger partial charge in [0.25, 0.3) is 5.91 Å². The average molecular weight is 245 g/mol. The van der Waals surface area contributed by atoms with E-state index in [1.807, 2.05) is 6.92 Å². The van der Waals surface area contributed by atoms with E-state index in [0.29, 0.717) is 5.70 Å². The molecule has 2 rings (SSSR count). The minimum Gasteiger partial charge on any atom is -0.368 e. The molecule has 2 aliphatic heterocycles. The first-order valence-electron chi connectivity index (χ1n) is 4.60. The summed E-state index contributed by atoms with van der Waals surface area (Å²) in [4.78, 5) is 25.3. The molecule has 0 aromatic carbocycles. The van der Waals surface area contributed by atoms with Crippen molar-refractivity contribution in [1.29, 1.82) is 0 Å². The monoisotopic (exact) mass is 245 g/mol. The Hall–Kier alpha value is -0.460. The number of methoxy groups -OCH3 is 1. The largest absolute Gasteiger partial charge is 0.368 e. The highest BCUT2D eigenvalue weighted by Crippen LogP contribution is 2.48. The van der Waals surface area contributed by atoms with E-state index in [-0.39, 0.29) is 16.4 Å². The van der Waals surface area contributed by atoms with Crippen LogP contribution in [0.1, 0.15) is 13.3 Å². The summed E-state index contributed by atoms with van der Waals surface area (Å²) < 4.78 is 5.06. The highest BCUT2D eigenvalue weighted by Gasteiger charge is 2.55. The third-order valence-electron chi connectivity index (χ3n) is 2.54. The zero-order valence-electron chi connectivity index (χ0n) is 8.39. The Bertz CT molecular complexity index is 366. The van der Waals surface area contributed by atoms with Gasteiger partial charge in [0, 0.05) is 12.0 Å². The number of thiol groups is 1. The highest BCUT2D eigenvalue weighted by molar-refractivity contribution is 8.04. The molecule has 1 saturated heterocycles. The quantitative estimate of drug-likeness (QED) is 0.595. The lowest BCUT2D eigenvalue weighted by Gasteiger charge is -2.41. The van der Waals surface area contributed by atoms with Crippen LogP contribution in [-0.2, 0) is 14.3 Å². The van der Waals surface area contributed by atoms with Gasteiger partial charge >= 0.3 is 0 Å². The van der Waals surface area contributed by atoms with Crippen LogP contribution in [0.25, 0.3) is 0 Å². The van der Waals surface area contributed by atoms with Gasteiger partial charge in [-0.2, -0.15) is 0 Å². The van der Waals surface area contributed by atoms with Crippen LogP contribution in [0.2, 0.25) is 0 Å². The Morgan fingerprint density at radius 3 is 2.80 bits per heavy atom. The number of hydrogen-bond acceptors (Lipinski definition) is 4. The molecule has 2 aliphatic rings. The Morgan fingerprint density at radius 2 is 2.33 bits per heavy atom. The SMILES string of the molecule is CCC1=C(C(=O)S)N2C(=O)C(OC)[C@H]2S1. The summed E-state index contributed by atoms with van der Waals surface area (Å²) in [5, 5.41) is -0.409. The van der Waals surface area contributed by atoms with Crippen LogP contribution in [0.15, 0.2) is 10.6 Å². The lowest BCUT2D eigenvalue weighted by atomic mass is 10.1. The lowest BCUT2D eigenvalue weighted by molar-refractivity contribution is -0.158. The zero-order chi connectivity index (χ0) is 11.2. The predicted octanol–water partition coefficient (Wildman–Crippen LogP) is 0.995. The van der Waals surface area contributed by atoms with Gasteiger partial charge in [-0.05, 0) is 6.42 Å². The molecule has 2 atom stereocenters. The van der Waals surface area contributed by atoms with Crippen LogP contribution in [0, 0.1) is 0 Å². The van der Waals surface area contributed by atoms with E-state index in [2.05, 4.69) is 12.6 Å². The van der Waals surface area contributed by atoms with Gasteiger partial charge in [0.1, 0.15) is 11.1 Å². The normalized spacial score (nSPS) is 29.3. The number of nitrogens with zero attached hydrogens (tertiary/aromatic N) is 1. The molecule has 1 fully saturated rings. The number of hydrogen-bond donors (Lipinski definition) is 1. The molecule has 0 radical (unpaired) electrons. The van der Waals surface area contributed by atoms with E-state index >= 15 is 0 Å². The van der Waals surface area contributed by atoms with Crippen molar-refractivity contribution in [3.63, 3.8) is 0 Å². The number of carbonyl (C=O) groups is 2. The van der Waals surface area contributed by atoms with Crippen LogP contribution in [0.3, 0.4) is 0 Å². The van der Waals surface area contributed by atoms with E-state index in [1.54, 1.807) is 0 Å². The fraction of sp³-hybridized carbons (Fsp3) is 0.556. The van der Waals surface area contributed by atoms with Crippen molar-refractivity contribution in [3.05, 3.63) is 10.6 Å². The summed E-state index contributed by atoms with van der Waals surface area (Å²) in [6, 6.07) is 0. The molecular weight excluding hydrogens is 234 g/mol. The molecule has 0 spiro atoms. The van der Waals surface area contributed by atoms with E-state index in [4.69, 9.17) is 4.74 Å². The van der Waals surface area contributed by atoms with Crippen molar-refractivity contribution in [2.45, 2.75) is 24.8 Å². The third kappa shape index (κ3) is 1.43. The molecule has 0 aliphatic carbocycles. The molecule has 0 aromatic rings. The van der Waals surface area contributed by atoms with Gasteiger partial charge in [-0.15, -0.1) is 0 Å². The molecule has 1 amide bonds. The summed E-state index contributed by atoms with van der Waals surface area (Å²) in [7, 11) is 1.51. The van der Waals surface area contributed by atoms with Crippen molar-refractivity contribution >= 4 is 35.4 Å². The molecule has 82 valence electrons. The van der Waals surface area contributed by atoms with Gasteiger partial charge in [0.05, 0.1) is 0 Å². The van der Waals surface area contributed by atoms with Crippen LogP contribution < -0.4 is 0 Å². The Kier molecular flexibility index (Phi) is 2.83. The molecule has 0 aromatic heterocycles. The molecule has 0 bridgehead atoms. The number of ether oxygens (including phenoxy) is 1. The fourth-order valence-corrected chi connectivity index (χ4v) is 3.56. The maximum absolute atomic E-state index is 11.6. The topological polar surface area (TPSA) is 46.6 Å². The summed E-state index contributed by atoms with van der Waals surface area (Å²) >= 11 is 5.32. The molecule has 1 unspecified atom stereocenters. The van der Waals surface area contributed by atoms with Gasteiger partial charge in [-0.25, -0.2) is 0 Å². The maximum Gasteiger partial charge on any atom is 0.260 e. The standard InChI is InChI=1S/C9H11NO3S2/c1-3-4-5(9(12)14)10-7(11)6(13-2)8(10)15-4/h6,8H,3H2,1-2H3,(H,12,14)/t6?,8-/m1/s1. The Labute approximate surface area is 97.4 Å². The van der Waals surface area contributed by atoms with Crippen LogP contribution in [0.5, 0.6) is 0 Å². The van der Waals surface area contributed by atoms with Crippen molar-refractivity contribution in [2.75, 3.05) is 7.11 Å². The average Bonchev–Trinajstić information content (AvgIpc) is 2.53. The fourth-order valence-electron chi connectivity index (χ4n) is 1.82. The Balaban J connectivity index is 2.29. The number of amides is 1. The maximum atomic E-state index is 11.6. The number of thioether (sulfide) groups is 1. The van der Waals surface area contributed by atoms with E-state index < -0.39 is 6.10 Å². The molecule has 0 N–H and O–H groups in total. The smallest absolute Gasteiger partial charge is 0.260 e. The van der Waals surface area contributed by atoms with E-state index in [9.17, 15) is 9.59 Å². The molecule has 6 heteroatoms. The van der Waals surface area contributed by atoms with Crippen LogP contribution in [-0.4, -0.2) is 34.5 Å². The van der Waals surface area contributed by atoms with Gasteiger partial charge < -0.3 is 4.74 Å². The second kappa shape index (κ2) is 3.84. The van der Waals surface area contributed by atoms with Crippen molar-refractivity contribution in [2.24, 2.45) is 0 Å². The van der Waals surface area contributed by atoms with Gasteiger partial charge in [-0.1, -0.05) is 31.3 Å². The molecule has 15 heavy (non-hydrogen) atoms. The molecular formula is C9H11NO3S2. The minimum atomic E-state index is -0.415. The first kappa shape index (κ1) is 11.0.